The first-order valence-electron chi connectivity index (χ1n) is 17.2. The topological polar surface area (TPSA) is 132 Å². The summed E-state index contributed by atoms with van der Waals surface area (Å²) in [6.45, 7) is 11.6. The molecule has 2 atom stereocenters. The van der Waals surface area contributed by atoms with Crippen LogP contribution < -0.4 is 10.1 Å². The number of morpholine rings is 1. The van der Waals surface area contributed by atoms with Gasteiger partial charge in [0.25, 0.3) is 11.8 Å². The number of amides is 2. The molecule has 0 bridgehead atoms. The Kier molecular flexibility index (Phi) is 9.25. The third kappa shape index (κ3) is 6.52. The minimum Gasteiger partial charge on any atom is -0.490 e. The standard InChI is InChI=1S/C37H47FN4O7/c1-20-23-13-10-15-47-30(23)26(38)17-24(20)29-25-18-27(41(7)32(25)39-21(2)28(29)31(34(44)45)49-36(3,4)5)33(43)42-14-16-48-37(6,19-42)35(46)40-22-11-8-9-12-22/h17-18,22,31H,8-16,19H2,1-7H3,(H,40,46)(H,44,45)/t31-,37?/m0/s1. The summed E-state index contributed by atoms with van der Waals surface area (Å²) in [6, 6.07) is 3.19. The molecule has 2 N–H and O–H groups in total. The molecule has 3 aliphatic rings. The highest BCUT2D eigenvalue weighted by Gasteiger charge is 2.43. The average Bonchev–Trinajstić information content (AvgIpc) is 3.68. The van der Waals surface area contributed by atoms with Crippen LogP contribution in [-0.2, 0) is 32.5 Å². The van der Waals surface area contributed by atoms with E-state index in [0.29, 0.717) is 52.1 Å². The zero-order valence-electron chi connectivity index (χ0n) is 29.5. The minimum absolute atomic E-state index is 0.0616. The van der Waals surface area contributed by atoms with Crippen LogP contribution in [0.2, 0.25) is 0 Å². The quantitative estimate of drug-likeness (QED) is 0.333. The van der Waals surface area contributed by atoms with Crippen LogP contribution in [0, 0.1) is 19.7 Å². The highest BCUT2D eigenvalue weighted by Crippen LogP contribution is 2.45. The van der Waals surface area contributed by atoms with E-state index in [2.05, 4.69) is 5.32 Å². The number of carbonyl (C=O) groups is 3. The maximum atomic E-state index is 15.8. The number of aliphatic carboxylic acids is 1. The fourth-order valence-electron chi connectivity index (χ4n) is 7.53. The number of carbonyl (C=O) groups excluding carboxylic acids is 2. The molecule has 12 heteroatoms. The van der Waals surface area contributed by atoms with Gasteiger partial charge in [-0.1, -0.05) is 12.8 Å². The Balaban J connectivity index is 1.49. The lowest BCUT2D eigenvalue weighted by Crippen LogP contribution is -2.60. The van der Waals surface area contributed by atoms with Crippen LogP contribution in [0.5, 0.6) is 5.75 Å². The number of carboxylic acids is 1. The van der Waals surface area contributed by atoms with Crippen molar-refractivity contribution in [3.05, 3.63) is 46.0 Å². The van der Waals surface area contributed by atoms with Crippen molar-refractivity contribution in [3.63, 3.8) is 0 Å². The van der Waals surface area contributed by atoms with Crippen molar-refractivity contribution in [3.8, 4) is 16.9 Å². The lowest BCUT2D eigenvalue weighted by Gasteiger charge is -2.39. The molecule has 2 aliphatic heterocycles. The van der Waals surface area contributed by atoms with Crippen LogP contribution in [0.15, 0.2) is 12.1 Å². The predicted molar refractivity (Wildman–Crippen MR) is 181 cm³/mol. The molecule has 6 rings (SSSR count). The summed E-state index contributed by atoms with van der Waals surface area (Å²) in [5.41, 5.74) is 1.78. The van der Waals surface area contributed by atoms with Crippen molar-refractivity contribution in [2.75, 3.05) is 26.3 Å². The Morgan fingerprint density at radius 3 is 2.53 bits per heavy atom. The first-order chi connectivity index (χ1) is 23.1. The van der Waals surface area contributed by atoms with Crippen LogP contribution in [0.4, 0.5) is 4.39 Å². The summed E-state index contributed by atoms with van der Waals surface area (Å²) in [5.74, 6) is -2.09. The number of nitrogens with one attached hydrogen (secondary N) is 1. The Hall–Kier alpha value is -4.03. The number of nitrogens with zero attached hydrogens (tertiary/aromatic N) is 3. The SMILES string of the molecule is Cc1nc2c(cc(C(=O)N3CCOC(C)(C(=O)NC4CCCC4)C3)n2C)c(-c2cc(F)c3c(c2C)CCCO3)c1[C@H](OC(C)(C)C)C(=O)O. The summed E-state index contributed by atoms with van der Waals surface area (Å²) < 4.78 is 35.3. The van der Waals surface area contributed by atoms with E-state index < -0.39 is 29.1 Å². The van der Waals surface area contributed by atoms with Gasteiger partial charge < -0.3 is 34.1 Å². The molecular weight excluding hydrogens is 631 g/mol. The first kappa shape index (κ1) is 34.8. The van der Waals surface area contributed by atoms with Crippen molar-refractivity contribution in [2.45, 2.75) is 103 Å². The summed E-state index contributed by atoms with van der Waals surface area (Å²) in [4.78, 5) is 47.0. The molecular formula is C37H47FN4O7. The molecule has 1 aliphatic carbocycles. The molecule has 264 valence electrons. The molecule has 1 unspecified atom stereocenters. The van der Waals surface area contributed by atoms with Crippen LogP contribution in [0.25, 0.3) is 22.2 Å². The Labute approximate surface area is 286 Å². The van der Waals surface area contributed by atoms with Gasteiger partial charge >= 0.3 is 5.97 Å². The van der Waals surface area contributed by atoms with Gasteiger partial charge in [-0.05, 0) is 90.5 Å². The zero-order chi connectivity index (χ0) is 35.4. The number of halogens is 1. The van der Waals surface area contributed by atoms with Crippen LogP contribution in [-0.4, -0.2) is 80.9 Å². The lowest BCUT2D eigenvalue weighted by atomic mass is 9.86. The predicted octanol–water partition coefficient (Wildman–Crippen LogP) is 5.55. The summed E-state index contributed by atoms with van der Waals surface area (Å²) in [5, 5.41) is 14.1. The number of hydrogen-bond donors (Lipinski definition) is 2. The minimum atomic E-state index is -1.43. The fourth-order valence-corrected chi connectivity index (χ4v) is 7.53. The monoisotopic (exact) mass is 678 g/mol. The zero-order valence-corrected chi connectivity index (χ0v) is 29.5. The number of carboxylic acid groups (broad SMARTS) is 1. The molecule has 49 heavy (non-hydrogen) atoms. The number of hydrogen-bond acceptors (Lipinski definition) is 7. The molecule has 1 saturated heterocycles. The van der Waals surface area contributed by atoms with Gasteiger partial charge in [0.1, 0.15) is 11.3 Å². The Morgan fingerprint density at radius 1 is 1.14 bits per heavy atom. The van der Waals surface area contributed by atoms with E-state index in [9.17, 15) is 19.5 Å². The van der Waals surface area contributed by atoms with E-state index in [4.69, 9.17) is 19.2 Å². The molecule has 2 aromatic heterocycles. The van der Waals surface area contributed by atoms with Gasteiger partial charge in [0, 0.05) is 47.4 Å². The van der Waals surface area contributed by atoms with E-state index in [1.54, 1.807) is 57.2 Å². The second kappa shape index (κ2) is 13.0. The normalized spacial score (nSPS) is 20.6. The first-order valence-corrected chi connectivity index (χ1v) is 17.2. The molecule has 2 fully saturated rings. The van der Waals surface area contributed by atoms with Crippen LogP contribution >= 0.6 is 0 Å². The lowest BCUT2D eigenvalue weighted by molar-refractivity contribution is -0.160. The van der Waals surface area contributed by atoms with Gasteiger partial charge in [-0.15, -0.1) is 0 Å². The second-order valence-electron chi connectivity index (χ2n) is 14.8. The number of fused-ring (bicyclic) bond motifs is 2. The molecule has 1 aromatic carbocycles. The molecule has 0 spiro atoms. The highest BCUT2D eigenvalue weighted by atomic mass is 19.1. The van der Waals surface area contributed by atoms with E-state index in [1.807, 2.05) is 6.92 Å². The summed E-state index contributed by atoms with van der Waals surface area (Å²) in [6.07, 6.45) is 3.92. The number of pyridine rings is 1. The van der Waals surface area contributed by atoms with E-state index in [0.717, 1.165) is 43.2 Å². The molecule has 11 nitrogen and oxygen atoms in total. The van der Waals surface area contributed by atoms with Crippen molar-refractivity contribution < 1.29 is 38.1 Å². The number of ether oxygens (including phenoxy) is 3. The summed E-state index contributed by atoms with van der Waals surface area (Å²) >= 11 is 0. The van der Waals surface area contributed by atoms with E-state index >= 15 is 4.39 Å². The largest absolute Gasteiger partial charge is 0.490 e. The van der Waals surface area contributed by atoms with Crippen molar-refractivity contribution in [2.24, 2.45) is 7.05 Å². The maximum absolute atomic E-state index is 15.8. The van der Waals surface area contributed by atoms with Crippen molar-refractivity contribution >= 4 is 28.8 Å². The second-order valence-corrected chi connectivity index (χ2v) is 14.8. The molecule has 0 radical (unpaired) electrons. The number of aryl methyl sites for hydroxylation is 2. The smallest absolute Gasteiger partial charge is 0.337 e. The molecule has 4 heterocycles. The van der Waals surface area contributed by atoms with Gasteiger partial charge in [-0.3, -0.25) is 9.59 Å². The molecule has 3 aromatic rings. The van der Waals surface area contributed by atoms with E-state index in [-0.39, 0.29) is 43.3 Å². The van der Waals surface area contributed by atoms with Gasteiger partial charge in [0.2, 0.25) is 0 Å². The number of aromatic nitrogens is 2. The average molecular weight is 679 g/mol. The Morgan fingerprint density at radius 2 is 1.86 bits per heavy atom. The number of benzene rings is 1. The highest BCUT2D eigenvalue weighted by molar-refractivity contribution is 6.05. The van der Waals surface area contributed by atoms with E-state index in [1.165, 1.54) is 6.07 Å². The maximum Gasteiger partial charge on any atom is 0.337 e. The van der Waals surface area contributed by atoms with Gasteiger partial charge in [-0.2, -0.15) is 0 Å². The number of rotatable bonds is 7. The van der Waals surface area contributed by atoms with Crippen molar-refractivity contribution in [1.82, 2.24) is 19.8 Å². The third-order valence-electron chi connectivity index (χ3n) is 10.0. The molecule has 1 saturated carbocycles. The van der Waals surface area contributed by atoms with Gasteiger partial charge in [0.05, 0.1) is 25.4 Å². The summed E-state index contributed by atoms with van der Waals surface area (Å²) in [7, 11) is 1.73. The van der Waals surface area contributed by atoms with Gasteiger partial charge in [-0.25, -0.2) is 14.2 Å². The fraction of sp³-hybridized carbons (Fsp3) is 0.568. The van der Waals surface area contributed by atoms with Crippen LogP contribution in [0.1, 0.15) is 98.8 Å². The van der Waals surface area contributed by atoms with Crippen LogP contribution in [0.3, 0.4) is 0 Å². The third-order valence-corrected chi connectivity index (χ3v) is 10.0. The van der Waals surface area contributed by atoms with Gasteiger partial charge in [0.15, 0.2) is 23.3 Å². The Bertz CT molecular complexity index is 1820. The van der Waals surface area contributed by atoms with Crippen molar-refractivity contribution in [1.29, 1.82) is 0 Å². The molecule has 2 amide bonds.